The highest BCUT2D eigenvalue weighted by Crippen LogP contribution is 2.28. The number of nitrogen functional groups attached to an aromatic ring is 1. The minimum absolute atomic E-state index is 0.0910. The van der Waals surface area contributed by atoms with Crippen molar-refractivity contribution in [3.8, 4) is 11.4 Å². The lowest BCUT2D eigenvalue weighted by Gasteiger charge is -2.02. The van der Waals surface area contributed by atoms with E-state index in [9.17, 15) is 3.89 Å². The van der Waals surface area contributed by atoms with Gasteiger partial charge in [0.05, 0.1) is 0 Å². The lowest BCUT2D eigenvalue weighted by Crippen LogP contribution is -1.91. The van der Waals surface area contributed by atoms with E-state index in [4.69, 9.17) is 5.73 Å². The van der Waals surface area contributed by atoms with E-state index >= 15 is 0 Å². The number of nitrogens with zero attached hydrogens (tertiary/aromatic N) is 3. The first-order chi connectivity index (χ1) is 8.79. The van der Waals surface area contributed by atoms with E-state index in [1.807, 2.05) is 12.1 Å². The lowest BCUT2D eigenvalue weighted by atomic mass is 10.2. The number of hydrogen-bond donors (Lipinski definition) is 1. The van der Waals surface area contributed by atoms with Gasteiger partial charge in [-0.1, -0.05) is 0 Å². The maximum atomic E-state index is 13.1. The summed E-state index contributed by atoms with van der Waals surface area (Å²) < 4.78 is 14.5. The molecule has 0 bridgehead atoms. The Hall–Kier alpha value is -2.08. The van der Waals surface area contributed by atoms with Gasteiger partial charge < -0.3 is 5.73 Å². The number of imidazole rings is 1. The number of hydrogen-bond acceptors (Lipinski definition) is 4. The Morgan fingerprint density at radius 2 is 1.94 bits per heavy atom. The number of anilines is 1. The first kappa shape index (κ1) is 11.0. The summed E-state index contributed by atoms with van der Waals surface area (Å²) in [5, 5.41) is 0. The Morgan fingerprint density at radius 3 is 2.67 bits per heavy atom. The second kappa shape index (κ2) is 4.30. The number of fused-ring (bicyclic) bond motifs is 1. The Morgan fingerprint density at radius 1 is 1.17 bits per heavy atom. The van der Waals surface area contributed by atoms with Crippen LogP contribution in [0.25, 0.3) is 22.6 Å². The lowest BCUT2D eigenvalue weighted by molar-refractivity contribution is 0.919. The molecule has 4 nitrogen and oxygen atoms in total. The number of halogens is 1. The molecule has 0 amide bonds. The van der Waals surface area contributed by atoms with Gasteiger partial charge in [0.2, 0.25) is 0 Å². The maximum absolute atomic E-state index is 13.1. The molecule has 0 spiro atoms. The van der Waals surface area contributed by atoms with Crippen LogP contribution >= 0.6 is 12.3 Å². The van der Waals surface area contributed by atoms with Crippen LogP contribution in [0.3, 0.4) is 0 Å². The second-order valence-electron chi connectivity index (χ2n) is 3.77. The van der Waals surface area contributed by atoms with Crippen molar-refractivity contribution >= 4 is 29.2 Å². The van der Waals surface area contributed by atoms with Gasteiger partial charge in [0, 0.05) is 17.4 Å². The predicted molar refractivity (Wildman–Crippen MR) is 71.5 cm³/mol. The standard InChI is InChI=1S/C12H9FN4S/c13-18-17-11(8-3-5-9(14)6-4-8)16-10-2-1-7-15-12(10)17/h1-7H,14H2. The van der Waals surface area contributed by atoms with Crippen LogP contribution in [-0.4, -0.2) is 13.9 Å². The Kier molecular flexibility index (Phi) is 2.64. The summed E-state index contributed by atoms with van der Waals surface area (Å²) in [6.07, 6.45) is 1.61. The van der Waals surface area contributed by atoms with Gasteiger partial charge in [-0.3, -0.25) is 0 Å². The highest BCUT2D eigenvalue weighted by molar-refractivity contribution is 7.93. The van der Waals surface area contributed by atoms with Gasteiger partial charge in [-0.15, -0.1) is 3.89 Å². The van der Waals surface area contributed by atoms with Crippen molar-refractivity contribution in [2.75, 3.05) is 5.73 Å². The zero-order chi connectivity index (χ0) is 12.5. The van der Waals surface area contributed by atoms with E-state index in [1.165, 1.54) is 3.97 Å². The van der Waals surface area contributed by atoms with Crippen LogP contribution in [-0.2, 0) is 0 Å². The van der Waals surface area contributed by atoms with E-state index in [0.717, 1.165) is 5.56 Å². The molecule has 0 unspecified atom stereocenters. The van der Waals surface area contributed by atoms with Crippen LogP contribution in [0.1, 0.15) is 0 Å². The molecule has 2 N–H and O–H groups in total. The molecule has 0 radical (unpaired) electrons. The first-order valence-electron chi connectivity index (χ1n) is 5.28. The fourth-order valence-corrected chi connectivity index (χ4v) is 2.19. The summed E-state index contributed by atoms with van der Waals surface area (Å²) in [7, 11) is 0. The van der Waals surface area contributed by atoms with Crippen LogP contribution in [0.5, 0.6) is 0 Å². The molecule has 2 heterocycles. The minimum atomic E-state index is 0.0910. The van der Waals surface area contributed by atoms with Crippen molar-refractivity contribution in [1.29, 1.82) is 0 Å². The molecule has 0 aliphatic rings. The Bertz CT molecular complexity index is 693. The average molecular weight is 260 g/mol. The topological polar surface area (TPSA) is 56.7 Å². The van der Waals surface area contributed by atoms with Gasteiger partial charge >= 0.3 is 0 Å². The fourth-order valence-electron chi connectivity index (χ4n) is 1.77. The van der Waals surface area contributed by atoms with Gasteiger partial charge in [0.25, 0.3) is 0 Å². The molecule has 90 valence electrons. The van der Waals surface area contributed by atoms with Crippen molar-refractivity contribution in [2.24, 2.45) is 0 Å². The van der Waals surface area contributed by atoms with Crippen LogP contribution < -0.4 is 5.73 Å². The summed E-state index contributed by atoms with van der Waals surface area (Å²) in [4.78, 5) is 8.51. The molecule has 0 atom stereocenters. The third-order valence-electron chi connectivity index (χ3n) is 2.62. The first-order valence-corrected chi connectivity index (χ1v) is 5.95. The van der Waals surface area contributed by atoms with E-state index in [1.54, 1.807) is 30.5 Å². The molecule has 0 saturated carbocycles. The van der Waals surface area contributed by atoms with Crippen LogP contribution in [0.4, 0.5) is 9.57 Å². The van der Waals surface area contributed by atoms with Crippen LogP contribution in [0.15, 0.2) is 42.6 Å². The highest BCUT2D eigenvalue weighted by Gasteiger charge is 2.13. The number of benzene rings is 1. The molecule has 3 aromatic rings. The predicted octanol–water partition coefficient (Wildman–Crippen LogP) is 3.06. The summed E-state index contributed by atoms with van der Waals surface area (Å²) in [5.41, 5.74) is 8.26. The van der Waals surface area contributed by atoms with Crippen molar-refractivity contribution in [3.05, 3.63) is 42.6 Å². The summed E-state index contributed by atoms with van der Waals surface area (Å²) in [6, 6.07) is 10.7. The smallest absolute Gasteiger partial charge is 0.173 e. The minimum Gasteiger partial charge on any atom is -0.399 e. The summed E-state index contributed by atoms with van der Waals surface area (Å²) in [5.74, 6) is 0.524. The molecule has 0 aliphatic heterocycles. The van der Waals surface area contributed by atoms with Crippen molar-refractivity contribution in [3.63, 3.8) is 0 Å². The van der Waals surface area contributed by atoms with E-state index < -0.39 is 0 Å². The van der Waals surface area contributed by atoms with Gasteiger partial charge in [0.1, 0.15) is 5.52 Å². The highest BCUT2D eigenvalue weighted by atomic mass is 32.2. The van der Waals surface area contributed by atoms with Gasteiger partial charge in [-0.2, -0.15) is 0 Å². The second-order valence-corrected chi connectivity index (χ2v) is 4.27. The molecule has 1 aromatic carbocycles. The van der Waals surface area contributed by atoms with E-state index in [0.29, 0.717) is 22.7 Å². The maximum Gasteiger partial charge on any atom is 0.173 e. The third kappa shape index (κ3) is 1.70. The Balaban J connectivity index is 2.25. The molecule has 3 rings (SSSR count). The summed E-state index contributed by atoms with van der Waals surface area (Å²) >= 11 is 0.0910. The van der Waals surface area contributed by atoms with Crippen LogP contribution in [0.2, 0.25) is 0 Å². The third-order valence-corrected chi connectivity index (χ3v) is 3.10. The largest absolute Gasteiger partial charge is 0.399 e. The number of aromatic nitrogens is 3. The average Bonchev–Trinajstić information content (AvgIpc) is 2.78. The van der Waals surface area contributed by atoms with Gasteiger partial charge in [-0.05, 0) is 36.4 Å². The molecule has 0 saturated heterocycles. The number of nitrogens with two attached hydrogens (primary N) is 1. The number of pyridine rings is 1. The van der Waals surface area contributed by atoms with E-state index in [-0.39, 0.29) is 12.3 Å². The monoisotopic (exact) mass is 260 g/mol. The quantitative estimate of drug-likeness (QED) is 0.719. The van der Waals surface area contributed by atoms with E-state index in [2.05, 4.69) is 9.97 Å². The SMILES string of the molecule is Nc1ccc(-c2nc3cccnc3n2SF)cc1. The van der Waals surface area contributed by atoms with Crippen molar-refractivity contribution < 1.29 is 3.89 Å². The molecule has 2 aromatic heterocycles. The van der Waals surface area contributed by atoms with Crippen molar-refractivity contribution in [2.45, 2.75) is 0 Å². The van der Waals surface area contributed by atoms with Gasteiger partial charge in [0.15, 0.2) is 23.8 Å². The normalized spacial score (nSPS) is 10.9. The zero-order valence-corrected chi connectivity index (χ0v) is 10.1. The molecule has 0 aliphatic carbocycles. The molecular weight excluding hydrogens is 251 g/mol. The van der Waals surface area contributed by atoms with Crippen LogP contribution in [0, 0.1) is 0 Å². The molecule has 18 heavy (non-hydrogen) atoms. The fraction of sp³-hybridized carbons (Fsp3) is 0. The van der Waals surface area contributed by atoms with Crippen molar-refractivity contribution in [1.82, 2.24) is 13.9 Å². The molecular formula is C12H9FN4S. The zero-order valence-electron chi connectivity index (χ0n) is 9.25. The molecule has 6 heteroatoms. The molecule has 0 fully saturated rings. The summed E-state index contributed by atoms with van der Waals surface area (Å²) in [6.45, 7) is 0. The Labute approximate surface area is 107 Å². The number of rotatable bonds is 2. The van der Waals surface area contributed by atoms with Gasteiger partial charge in [-0.25, -0.2) is 13.9 Å².